The minimum Gasteiger partial charge on any atom is -0.295 e. The van der Waals surface area contributed by atoms with Gasteiger partial charge in [-0.15, -0.1) is 0 Å². The van der Waals surface area contributed by atoms with Crippen molar-refractivity contribution in [3.63, 3.8) is 0 Å². The van der Waals surface area contributed by atoms with Crippen LogP contribution in [0.15, 0.2) is 82.2 Å². The quantitative estimate of drug-likeness (QED) is 0.647. The van der Waals surface area contributed by atoms with E-state index in [1.807, 2.05) is 31.2 Å². The summed E-state index contributed by atoms with van der Waals surface area (Å²) < 4.78 is 1.47. The first-order chi connectivity index (χ1) is 15.5. The zero-order valence-electron chi connectivity index (χ0n) is 17.7. The lowest BCUT2D eigenvalue weighted by Crippen LogP contribution is -2.37. The number of Topliss-reactive ketones (excluding diaryl/α,β-unsaturated/α-hetero) is 2. The molecule has 0 saturated carbocycles. The van der Waals surface area contributed by atoms with Crippen LogP contribution < -0.4 is 5.56 Å². The summed E-state index contributed by atoms with van der Waals surface area (Å²) >= 11 is 0. The average Bonchev–Trinajstić information content (AvgIpc) is 3.09. The number of aromatic amines is 1. The zero-order chi connectivity index (χ0) is 22.4. The lowest BCUT2D eigenvalue weighted by atomic mass is 9.71. The first-order valence-corrected chi connectivity index (χ1v) is 10.4. The van der Waals surface area contributed by atoms with Gasteiger partial charge >= 0.3 is 0 Å². The van der Waals surface area contributed by atoms with Crippen molar-refractivity contribution in [2.24, 2.45) is 16.8 Å². The minimum absolute atomic E-state index is 0.0817. The van der Waals surface area contributed by atoms with E-state index < -0.39 is 11.8 Å². The molecule has 5 rings (SSSR count). The molecule has 2 aliphatic carbocycles. The van der Waals surface area contributed by atoms with Crippen molar-refractivity contribution in [3.05, 3.63) is 111 Å². The summed E-state index contributed by atoms with van der Waals surface area (Å²) in [6, 6.07) is 14.5. The summed E-state index contributed by atoms with van der Waals surface area (Å²) in [6.45, 7) is 3.79. The third kappa shape index (κ3) is 3.12. The third-order valence-corrected chi connectivity index (χ3v) is 6.06. The van der Waals surface area contributed by atoms with Crippen molar-refractivity contribution in [2.75, 3.05) is 0 Å². The molecule has 2 atom stereocenters. The Balaban J connectivity index is 1.51. The SMILES string of the molecule is Cc1ccc(-n2[nH]c(C)c(C=NC3=CC=C[C@@H]4C(=O)c5ccccc5C(=O)[C@H]34)c2=O)cc1. The van der Waals surface area contributed by atoms with Crippen molar-refractivity contribution in [2.45, 2.75) is 13.8 Å². The van der Waals surface area contributed by atoms with Gasteiger partial charge in [-0.25, -0.2) is 4.68 Å². The van der Waals surface area contributed by atoms with Gasteiger partial charge in [0.1, 0.15) is 0 Å². The van der Waals surface area contributed by atoms with E-state index in [4.69, 9.17) is 0 Å². The first-order valence-electron chi connectivity index (χ1n) is 10.4. The van der Waals surface area contributed by atoms with E-state index in [9.17, 15) is 14.4 Å². The lowest BCUT2D eigenvalue weighted by molar-refractivity contribution is 0.0793. The number of aryl methyl sites for hydroxylation is 2. The van der Waals surface area contributed by atoms with E-state index >= 15 is 0 Å². The molecule has 3 aromatic rings. The van der Waals surface area contributed by atoms with Crippen LogP contribution in [-0.4, -0.2) is 27.6 Å². The van der Waals surface area contributed by atoms with Crippen LogP contribution in [0, 0.1) is 25.7 Å². The highest BCUT2D eigenvalue weighted by Gasteiger charge is 2.42. The number of fused-ring (bicyclic) bond motifs is 2. The summed E-state index contributed by atoms with van der Waals surface area (Å²) in [5.41, 5.74) is 4.04. The summed E-state index contributed by atoms with van der Waals surface area (Å²) in [4.78, 5) is 43.7. The molecule has 1 aromatic heterocycles. The molecular weight excluding hydrogens is 402 g/mol. The molecule has 0 spiro atoms. The number of hydrogen-bond acceptors (Lipinski definition) is 4. The smallest absolute Gasteiger partial charge is 0.280 e. The molecule has 2 aliphatic rings. The molecular formula is C26H21N3O3. The Bertz CT molecular complexity index is 1400. The van der Waals surface area contributed by atoms with Gasteiger partial charge < -0.3 is 0 Å². The summed E-state index contributed by atoms with van der Waals surface area (Å²) in [7, 11) is 0. The van der Waals surface area contributed by atoms with Crippen LogP contribution in [0.1, 0.15) is 37.5 Å². The van der Waals surface area contributed by atoms with Crippen LogP contribution in [0.5, 0.6) is 0 Å². The number of nitrogens with one attached hydrogen (secondary N) is 1. The molecule has 0 saturated heterocycles. The molecule has 0 amide bonds. The molecule has 1 heterocycles. The molecule has 6 heteroatoms. The number of benzene rings is 2. The normalized spacial score (nSPS) is 19.8. The van der Waals surface area contributed by atoms with Gasteiger partial charge in [0.05, 0.1) is 28.8 Å². The van der Waals surface area contributed by atoms with E-state index in [2.05, 4.69) is 10.1 Å². The number of ketones is 2. The Morgan fingerprint density at radius 1 is 0.938 bits per heavy atom. The van der Waals surface area contributed by atoms with Gasteiger partial charge in [0.2, 0.25) is 0 Å². The van der Waals surface area contributed by atoms with Gasteiger partial charge in [-0.05, 0) is 32.1 Å². The summed E-state index contributed by atoms with van der Waals surface area (Å²) in [6.07, 6.45) is 6.73. The van der Waals surface area contributed by atoms with Crippen molar-refractivity contribution in [3.8, 4) is 5.69 Å². The number of carbonyl (C=O) groups excluding carboxylic acids is 2. The van der Waals surface area contributed by atoms with Crippen LogP contribution in [-0.2, 0) is 0 Å². The maximum Gasteiger partial charge on any atom is 0.280 e. The van der Waals surface area contributed by atoms with E-state index in [-0.39, 0.29) is 17.1 Å². The molecule has 0 radical (unpaired) electrons. The average molecular weight is 423 g/mol. The Labute approximate surface area is 184 Å². The Morgan fingerprint density at radius 3 is 2.34 bits per heavy atom. The van der Waals surface area contributed by atoms with Crippen molar-refractivity contribution in [1.82, 2.24) is 9.78 Å². The van der Waals surface area contributed by atoms with Crippen LogP contribution in [0.4, 0.5) is 0 Å². The van der Waals surface area contributed by atoms with Gasteiger partial charge in [-0.3, -0.25) is 24.5 Å². The predicted molar refractivity (Wildman–Crippen MR) is 123 cm³/mol. The number of nitrogens with zero attached hydrogens (tertiary/aromatic N) is 2. The number of hydrogen-bond donors (Lipinski definition) is 1. The van der Waals surface area contributed by atoms with Crippen molar-refractivity contribution < 1.29 is 9.59 Å². The highest BCUT2D eigenvalue weighted by atomic mass is 16.1. The fraction of sp³-hybridized carbons (Fsp3) is 0.154. The second kappa shape index (κ2) is 7.57. The maximum atomic E-state index is 13.2. The van der Waals surface area contributed by atoms with Crippen LogP contribution in [0.25, 0.3) is 5.69 Å². The van der Waals surface area contributed by atoms with Crippen molar-refractivity contribution in [1.29, 1.82) is 0 Å². The topological polar surface area (TPSA) is 84.3 Å². The van der Waals surface area contributed by atoms with Crippen molar-refractivity contribution >= 4 is 17.8 Å². The number of carbonyl (C=O) groups is 2. The molecule has 0 bridgehead atoms. The minimum atomic E-state index is -0.683. The Hall–Kier alpha value is -4.06. The molecule has 6 nitrogen and oxygen atoms in total. The number of H-pyrrole nitrogens is 1. The highest BCUT2D eigenvalue weighted by molar-refractivity contribution is 6.17. The number of allylic oxidation sites excluding steroid dienone is 4. The monoisotopic (exact) mass is 423 g/mol. The van der Waals surface area contributed by atoms with E-state index in [0.29, 0.717) is 28.1 Å². The second-order valence-electron chi connectivity index (χ2n) is 8.14. The van der Waals surface area contributed by atoms with E-state index in [1.54, 1.807) is 49.4 Å². The number of aliphatic imine (C=N–C) groups is 1. The van der Waals surface area contributed by atoms with Gasteiger partial charge in [0.25, 0.3) is 5.56 Å². The molecule has 158 valence electrons. The van der Waals surface area contributed by atoms with Crippen LogP contribution in [0.2, 0.25) is 0 Å². The summed E-state index contributed by atoms with van der Waals surface area (Å²) in [5.74, 6) is -1.47. The lowest BCUT2D eigenvalue weighted by Gasteiger charge is -2.30. The Morgan fingerprint density at radius 2 is 1.62 bits per heavy atom. The highest BCUT2D eigenvalue weighted by Crippen LogP contribution is 2.38. The Kier molecular flexibility index (Phi) is 4.70. The molecule has 0 fully saturated rings. The van der Waals surface area contributed by atoms with E-state index in [1.165, 1.54) is 10.9 Å². The van der Waals surface area contributed by atoms with Crippen LogP contribution in [0.3, 0.4) is 0 Å². The largest absolute Gasteiger partial charge is 0.295 e. The second-order valence-corrected chi connectivity index (χ2v) is 8.14. The zero-order valence-corrected chi connectivity index (χ0v) is 17.7. The van der Waals surface area contributed by atoms with Gasteiger partial charge in [-0.1, -0.05) is 54.1 Å². The maximum absolute atomic E-state index is 13.2. The third-order valence-electron chi connectivity index (χ3n) is 6.06. The number of aromatic nitrogens is 2. The standard InChI is InChI=1S/C26H21N3O3/c1-15-10-12-17(13-11-15)29-26(32)21(16(2)28-29)14-27-22-9-5-8-20-23(22)25(31)19-7-4-3-6-18(19)24(20)30/h3-14,20,23,28H,1-2H3/t20-,23-/m0/s1. The first kappa shape index (κ1) is 19.9. The van der Waals surface area contributed by atoms with E-state index in [0.717, 1.165) is 11.3 Å². The summed E-state index contributed by atoms with van der Waals surface area (Å²) in [5, 5.41) is 3.08. The molecule has 1 N–H and O–H groups in total. The fourth-order valence-corrected chi connectivity index (χ4v) is 4.32. The molecule has 0 unspecified atom stereocenters. The molecule has 0 aliphatic heterocycles. The molecule has 2 aromatic carbocycles. The van der Waals surface area contributed by atoms with Gasteiger partial charge in [0, 0.05) is 23.0 Å². The van der Waals surface area contributed by atoms with Gasteiger partial charge in [0.15, 0.2) is 11.6 Å². The predicted octanol–water partition coefficient (Wildman–Crippen LogP) is 3.97. The van der Waals surface area contributed by atoms with Gasteiger partial charge in [-0.2, -0.15) is 0 Å². The number of rotatable bonds is 3. The van der Waals surface area contributed by atoms with Crippen LogP contribution >= 0.6 is 0 Å². The molecule has 32 heavy (non-hydrogen) atoms. The fourth-order valence-electron chi connectivity index (χ4n) is 4.32.